The van der Waals surface area contributed by atoms with Gasteiger partial charge in [0.1, 0.15) is 11.9 Å². The first-order chi connectivity index (χ1) is 8.43. The van der Waals surface area contributed by atoms with E-state index in [1.54, 1.807) is 7.05 Å². The van der Waals surface area contributed by atoms with Gasteiger partial charge in [0.2, 0.25) is 5.95 Å². The van der Waals surface area contributed by atoms with Gasteiger partial charge in [0.15, 0.2) is 0 Å². The highest BCUT2D eigenvalue weighted by Crippen LogP contribution is 2.39. The fourth-order valence-electron chi connectivity index (χ4n) is 1.77. The summed E-state index contributed by atoms with van der Waals surface area (Å²) in [5, 5.41) is 17.9. The third kappa shape index (κ3) is 2.27. The number of amides is 2. The molecule has 0 bridgehead atoms. The molecule has 1 heterocycles. The number of carboxylic acid groups (broad SMARTS) is 1. The first-order valence-electron chi connectivity index (χ1n) is 5.60. The van der Waals surface area contributed by atoms with Gasteiger partial charge in [0.05, 0.1) is 0 Å². The predicted octanol–water partition coefficient (Wildman–Crippen LogP) is 0.190. The molecule has 8 heteroatoms. The lowest BCUT2D eigenvalue weighted by atomic mass is 9.96. The molecule has 0 saturated heterocycles. The van der Waals surface area contributed by atoms with Crippen LogP contribution in [0.4, 0.5) is 10.7 Å². The molecule has 1 atom stereocenters. The van der Waals surface area contributed by atoms with Gasteiger partial charge in [0.25, 0.3) is 0 Å². The normalized spacial score (nSPS) is 17.9. The second kappa shape index (κ2) is 4.28. The van der Waals surface area contributed by atoms with Gasteiger partial charge in [-0.3, -0.25) is 5.32 Å². The average Bonchev–Trinajstić information content (AvgIpc) is 3.06. The number of urea groups is 1. The number of carbonyl (C=O) groups excluding carboxylic acids is 1. The fraction of sp³-hybridized carbons (Fsp3) is 0.600. The van der Waals surface area contributed by atoms with Crippen molar-refractivity contribution in [2.75, 3.05) is 5.32 Å². The van der Waals surface area contributed by atoms with E-state index in [0.717, 1.165) is 12.8 Å². The molecular formula is C10H15N5O3. The highest BCUT2D eigenvalue weighted by Gasteiger charge is 2.48. The van der Waals surface area contributed by atoms with Crippen molar-refractivity contribution in [3.8, 4) is 0 Å². The van der Waals surface area contributed by atoms with Crippen molar-refractivity contribution in [1.82, 2.24) is 20.1 Å². The summed E-state index contributed by atoms with van der Waals surface area (Å²) in [4.78, 5) is 26.8. The number of anilines is 1. The van der Waals surface area contributed by atoms with Crippen LogP contribution < -0.4 is 10.6 Å². The zero-order chi connectivity index (χ0) is 13.3. The molecule has 1 fully saturated rings. The number of carbonyl (C=O) groups is 2. The van der Waals surface area contributed by atoms with Crippen molar-refractivity contribution in [1.29, 1.82) is 0 Å². The van der Waals surface area contributed by atoms with Crippen molar-refractivity contribution in [2.24, 2.45) is 13.0 Å². The van der Waals surface area contributed by atoms with E-state index in [1.165, 1.54) is 17.9 Å². The first-order valence-corrected chi connectivity index (χ1v) is 5.60. The Balaban J connectivity index is 2.02. The summed E-state index contributed by atoms with van der Waals surface area (Å²) < 4.78 is 1.38. The molecule has 3 N–H and O–H groups in total. The van der Waals surface area contributed by atoms with E-state index in [4.69, 9.17) is 0 Å². The number of rotatable bonds is 4. The van der Waals surface area contributed by atoms with Crippen LogP contribution in [0.1, 0.15) is 19.8 Å². The summed E-state index contributed by atoms with van der Waals surface area (Å²) in [6.07, 6.45) is 2.92. The maximum absolute atomic E-state index is 11.7. The van der Waals surface area contributed by atoms with Crippen LogP contribution in [0.3, 0.4) is 0 Å². The maximum atomic E-state index is 11.7. The average molecular weight is 253 g/mol. The predicted molar refractivity (Wildman–Crippen MR) is 61.9 cm³/mol. The molecule has 1 aromatic heterocycles. The molecule has 98 valence electrons. The van der Waals surface area contributed by atoms with Gasteiger partial charge < -0.3 is 10.4 Å². The number of nitrogens with one attached hydrogen (secondary N) is 2. The quantitative estimate of drug-likeness (QED) is 0.709. The van der Waals surface area contributed by atoms with Gasteiger partial charge in [-0.25, -0.2) is 14.3 Å². The van der Waals surface area contributed by atoms with Crippen molar-refractivity contribution in [2.45, 2.75) is 25.3 Å². The third-order valence-corrected chi connectivity index (χ3v) is 3.15. The van der Waals surface area contributed by atoms with Crippen LogP contribution in [0.5, 0.6) is 0 Å². The van der Waals surface area contributed by atoms with E-state index in [2.05, 4.69) is 20.7 Å². The smallest absolute Gasteiger partial charge is 0.329 e. The minimum absolute atomic E-state index is 0.0137. The van der Waals surface area contributed by atoms with Gasteiger partial charge in [0, 0.05) is 7.05 Å². The van der Waals surface area contributed by atoms with Crippen LogP contribution in [0.2, 0.25) is 0 Å². The molecule has 2 rings (SSSR count). The molecule has 1 saturated carbocycles. The minimum Gasteiger partial charge on any atom is -0.480 e. The third-order valence-electron chi connectivity index (χ3n) is 3.15. The second-order valence-electron chi connectivity index (χ2n) is 4.57. The topological polar surface area (TPSA) is 109 Å². The van der Waals surface area contributed by atoms with Crippen LogP contribution >= 0.6 is 0 Å². The number of carboxylic acids is 1. The highest BCUT2D eigenvalue weighted by atomic mass is 16.4. The molecule has 2 amide bonds. The fourth-order valence-corrected chi connectivity index (χ4v) is 1.77. The Morgan fingerprint density at radius 2 is 2.22 bits per heavy atom. The van der Waals surface area contributed by atoms with E-state index < -0.39 is 17.5 Å². The Labute approximate surface area is 103 Å². The van der Waals surface area contributed by atoms with Crippen LogP contribution in [-0.2, 0) is 11.8 Å². The van der Waals surface area contributed by atoms with E-state index in [1.807, 2.05) is 0 Å². The molecular weight excluding hydrogens is 238 g/mol. The SMILES string of the molecule is Cn1ncnc1NC(=O)NC(C)(C(=O)O)C1CC1. The summed E-state index contributed by atoms with van der Waals surface area (Å²) >= 11 is 0. The Kier molecular flexibility index (Phi) is 2.93. The minimum atomic E-state index is -1.23. The van der Waals surface area contributed by atoms with Crippen molar-refractivity contribution in [3.05, 3.63) is 6.33 Å². The zero-order valence-corrected chi connectivity index (χ0v) is 10.2. The number of hydrogen-bond acceptors (Lipinski definition) is 4. The number of aromatic nitrogens is 3. The van der Waals surface area contributed by atoms with Crippen LogP contribution in [-0.4, -0.2) is 37.4 Å². The number of nitrogens with zero attached hydrogens (tertiary/aromatic N) is 3. The van der Waals surface area contributed by atoms with Gasteiger partial charge >= 0.3 is 12.0 Å². The molecule has 0 radical (unpaired) electrons. The Morgan fingerprint density at radius 1 is 1.56 bits per heavy atom. The Hall–Kier alpha value is -2.12. The lowest BCUT2D eigenvalue weighted by Gasteiger charge is -2.25. The van der Waals surface area contributed by atoms with E-state index in [9.17, 15) is 14.7 Å². The molecule has 1 unspecified atom stereocenters. The molecule has 1 aliphatic rings. The highest BCUT2D eigenvalue weighted by molar-refractivity contribution is 5.92. The zero-order valence-electron chi connectivity index (χ0n) is 10.2. The van der Waals surface area contributed by atoms with Gasteiger partial charge in [-0.05, 0) is 25.7 Å². The number of aryl methyl sites for hydroxylation is 1. The van der Waals surface area contributed by atoms with Gasteiger partial charge in [-0.1, -0.05) is 0 Å². The monoisotopic (exact) mass is 253 g/mol. The number of hydrogen-bond donors (Lipinski definition) is 3. The van der Waals surface area contributed by atoms with Gasteiger partial charge in [-0.15, -0.1) is 0 Å². The van der Waals surface area contributed by atoms with E-state index in [-0.39, 0.29) is 11.9 Å². The summed E-state index contributed by atoms with van der Waals surface area (Å²) in [6, 6.07) is -0.595. The lowest BCUT2D eigenvalue weighted by Crippen LogP contribution is -2.55. The van der Waals surface area contributed by atoms with Gasteiger partial charge in [-0.2, -0.15) is 10.1 Å². The standard InChI is InChI=1S/C10H15N5O3/c1-10(7(16)17,6-3-4-6)14-9(18)13-8-11-5-12-15(8)2/h5-6H,3-4H2,1-2H3,(H,16,17)(H2,11,12,13,14,18). The molecule has 18 heavy (non-hydrogen) atoms. The maximum Gasteiger partial charge on any atom is 0.329 e. The van der Waals surface area contributed by atoms with Crippen molar-refractivity contribution in [3.63, 3.8) is 0 Å². The van der Waals surface area contributed by atoms with Crippen LogP contribution in [0.15, 0.2) is 6.33 Å². The largest absolute Gasteiger partial charge is 0.480 e. The summed E-state index contributed by atoms with van der Waals surface area (Å²) in [5.41, 5.74) is -1.23. The molecule has 0 aromatic carbocycles. The second-order valence-corrected chi connectivity index (χ2v) is 4.57. The van der Waals surface area contributed by atoms with Crippen LogP contribution in [0.25, 0.3) is 0 Å². The summed E-state index contributed by atoms with van der Waals surface area (Å²) in [7, 11) is 1.62. The Morgan fingerprint density at radius 3 is 2.67 bits per heavy atom. The summed E-state index contributed by atoms with van der Waals surface area (Å²) in [5.74, 6) is -0.783. The van der Waals surface area contributed by atoms with Crippen molar-refractivity contribution >= 4 is 17.9 Å². The molecule has 1 aliphatic carbocycles. The summed E-state index contributed by atoms with van der Waals surface area (Å²) in [6.45, 7) is 1.52. The van der Waals surface area contributed by atoms with Crippen molar-refractivity contribution < 1.29 is 14.7 Å². The molecule has 8 nitrogen and oxygen atoms in total. The van der Waals surface area contributed by atoms with E-state index >= 15 is 0 Å². The first kappa shape index (κ1) is 12.3. The molecule has 1 aromatic rings. The molecule has 0 spiro atoms. The Bertz CT molecular complexity index is 482. The number of aliphatic carboxylic acids is 1. The molecule has 0 aliphatic heterocycles. The van der Waals surface area contributed by atoms with E-state index in [0.29, 0.717) is 0 Å². The lowest BCUT2D eigenvalue weighted by molar-refractivity contribution is -0.144. The van der Waals surface area contributed by atoms with Crippen LogP contribution in [0, 0.1) is 5.92 Å².